The van der Waals surface area contributed by atoms with E-state index in [1.807, 2.05) is 12.1 Å². The van der Waals surface area contributed by atoms with Crippen molar-refractivity contribution in [3.05, 3.63) is 29.3 Å². The molecule has 0 aromatic heterocycles. The number of ether oxygens (including phenoxy) is 2. The summed E-state index contributed by atoms with van der Waals surface area (Å²) < 4.78 is 11.0. The van der Waals surface area contributed by atoms with Crippen LogP contribution in [0.4, 0.5) is 0 Å². The van der Waals surface area contributed by atoms with Gasteiger partial charge in [-0.2, -0.15) is 0 Å². The fourth-order valence-corrected chi connectivity index (χ4v) is 1.88. The second-order valence-electron chi connectivity index (χ2n) is 4.46. The average Bonchev–Trinajstić information content (AvgIpc) is 2.42. The number of nitrogens with two attached hydrogens (primary N) is 1. The molecule has 0 atom stereocenters. The summed E-state index contributed by atoms with van der Waals surface area (Å²) in [7, 11) is 1.68. The maximum Gasteiger partial charge on any atom is 0.124 e. The number of hydrogen-bond acceptors (Lipinski definition) is 3. The summed E-state index contributed by atoms with van der Waals surface area (Å²) in [5, 5.41) is 0. The second kappa shape index (κ2) is 8.95. The molecule has 18 heavy (non-hydrogen) atoms. The van der Waals surface area contributed by atoms with E-state index in [1.165, 1.54) is 19.3 Å². The minimum Gasteiger partial charge on any atom is -0.496 e. The van der Waals surface area contributed by atoms with Crippen LogP contribution in [0.25, 0.3) is 0 Å². The zero-order chi connectivity index (χ0) is 13.2. The Morgan fingerprint density at radius 1 is 1.17 bits per heavy atom. The first-order chi connectivity index (χ1) is 8.81. The fraction of sp³-hybridized carbons (Fsp3) is 0.600. The molecule has 0 aliphatic heterocycles. The molecule has 2 N–H and O–H groups in total. The van der Waals surface area contributed by atoms with Gasteiger partial charge >= 0.3 is 0 Å². The molecule has 3 nitrogen and oxygen atoms in total. The van der Waals surface area contributed by atoms with Gasteiger partial charge in [0, 0.05) is 18.7 Å². The summed E-state index contributed by atoms with van der Waals surface area (Å²) >= 11 is 0. The lowest BCUT2D eigenvalue weighted by Crippen LogP contribution is -2.02. The molecule has 0 bridgehead atoms. The summed E-state index contributed by atoms with van der Waals surface area (Å²) in [6, 6.07) is 6.01. The summed E-state index contributed by atoms with van der Waals surface area (Å²) in [6.07, 6.45) is 4.92. The molecule has 0 aliphatic carbocycles. The zero-order valence-electron chi connectivity index (χ0n) is 11.6. The standard InChI is InChI=1S/C15H25NO2/c1-3-4-5-6-9-18-12-14-10-13(11-16)7-8-15(14)17-2/h7-8,10H,3-6,9,11-12,16H2,1-2H3. The molecular weight excluding hydrogens is 226 g/mol. The van der Waals surface area contributed by atoms with Crippen LogP contribution in [0.15, 0.2) is 18.2 Å². The molecule has 1 rings (SSSR count). The van der Waals surface area contributed by atoms with E-state index in [9.17, 15) is 0 Å². The third kappa shape index (κ3) is 5.07. The van der Waals surface area contributed by atoms with Crippen molar-refractivity contribution in [2.24, 2.45) is 5.73 Å². The SMILES string of the molecule is CCCCCCOCc1cc(CN)ccc1OC. The van der Waals surface area contributed by atoms with Crippen LogP contribution in [0.3, 0.4) is 0 Å². The lowest BCUT2D eigenvalue weighted by molar-refractivity contribution is 0.115. The Balaban J connectivity index is 2.39. The van der Waals surface area contributed by atoms with E-state index in [4.69, 9.17) is 15.2 Å². The van der Waals surface area contributed by atoms with Crippen LogP contribution in [0.2, 0.25) is 0 Å². The van der Waals surface area contributed by atoms with Crippen LogP contribution >= 0.6 is 0 Å². The van der Waals surface area contributed by atoms with Crippen molar-refractivity contribution in [2.75, 3.05) is 13.7 Å². The van der Waals surface area contributed by atoms with Gasteiger partial charge in [-0.25, -0.2) is 0 Å². The molecule has 0 spiro atoms. The number of benzene rings is 1. The maximum atomic E-state index is 5.69. The van der Waals surface area contributed by atoms with E-state index in [0.29, 0.717) is 13.2 Å². The summed E-state index contributed by atoms with van der Waals surface area (Å²) in [6.45, 7) is 4.18. The Hall–Kier alpha value is -1.06. The molecule has 1 aromatic rings. The van der Waals surface area contributed by atoms with Crippen molar-refractivity contribution in [3.8, 4) is 5.75 Å². The number of hydrogen-bond donors (Lipinski definition) is 1. The van der Waals surface area contributed by atoms with Gasteiger partial charge in [-0.1, -0.05) is 32.3 Å². The van der Waals surface area contributed by atoms with Gasteiger partial charge in [0.1, 0.15) is 5.75 Å². The lowest BCUT2D eigenvalue weighted by atomic mass is 10.1. The van der Waals surface area contributed by atoms with Gasteiger partial charge < -0.3 is 15.2 Å². The van der Waals surface area contributed by atoms with Gasteiger partial charge in [-0.15, -0.1) is 0 Å². The normalized spacial score (nSPS) is 10.6. The van der Waals surface area contributed by atoms with Crippen molar-refractivity contribution >= 4 is 0 Å². The average molecular weight is 251 g/mol. The van der Waals surface area contributed by atoms with Gasteiger partial charge in [0.2, 0.25) is 0 Å². The first kappa shape index (κ1) is 15.0. The third-order valence-electron chi connectivity index (χ3n) is 2.98. The number of unbranched alkanes of at least 4 members (excludes halogenated alkanes) is 3. The largest absolute Gasteiger partial charge is 0.496 e. The van der Waals surface area contributed by atoms with Crippen molar-refractivity contribution in [3.63, 3.8) is 0 Å². The predicted molar refractivity (Wildman–Crippen MR) is 74.7 cm³/mol. The minimum absolute atomic E-state index is 0.549. The van der Waals surface area contributed by atoms with Gasteiger partial charge in [0.05, 0.1) is 13.7 Å². The molecule has 0 aliphatic rings. The summed E-state index contributed by atoms with van der Waals surface area (Å²) in [5.41, 5.74) is 7.83. The Kier molecular flexibility index (Phi) is 7.46. The van der Waals surface area contributed by atoms with Gasteiger partial charge in [-0.05, 0) is 24.1 Å². The van der Waals surface area contributed by atoms with Crippen LogP contribution in [0.5, 0.6) is 5.75 Å². The first-order valence-electron chi connectivity index (χ1n) is 6.75. The molecule has 0 saturated heterocycles. The van der Waals surface area contributed by atoms with Gasteiger partial charge in [-0.3, -0.25) is 0 Å². The van der Waals surface area contributed by atoms with E-state index < -0.39 is 0 Å². The van der Waals surface area contributed by atoms with Crippen molar-refractivity contribution in [1.29, 1.82) is 0 Å². The van der Waals surface area contributed by atoms with Crippen LogP contribution in [-0.2, 0) is 17.9 Å². The van der Waals surface area contributed by atoms with Crippen LogP contribution < -0.4 is 10.5 Å². The fourth-order valence-electron chi connectivity index (χ4n) is 1.88. The molecule has 102 valence electrons. The number of methoxy groups -OCH3 is 1. The summed E-state index contributed by atoms with van der Waals surface area (Å²) in [4.78, 5) is 0. The second-order valence-corrected chi connectivity index (χ2v) is 4.46. The molecule has 1 aromatic carbocycles. The Morgan fingerprint density at radius 3 is 2.67 bits per heavy atom. The van der Waals surface area contributed by atoms with Crippen molar-refractivity contribution in [1.82, 2.24) is 0 Å². The van der Waals surface area contributed by atoms with E-state index in [-0.39, 0.29) is 0 Å². The predicted octanol–water partition coefficient (Wildman–Crippen LogP) is 3.25. The topological polar surface area (TPSA) is 44.5 Å². The highest BCUT2D eigenvalue weighted by molar-refractivity contribution is 5.36. The first-order valence-corrected chi connectivity index (χ1v) is 6.75. The highest BCUT2D eigenvalue weighted by Gasteiger charge is 2.04. The molecule has 0 heterocycles. The minimum atomic E-state index is 0.549. The highest BCUT2D eigenvalue weighted by Crippen LogP contribution is 2.20. The molecule has 0 amide bonds. The Bertz CT molecular complexity index is 339. The monoisotopic (exact) mass is 251 g/mol. The third-order valence-corrected chi connectivity index (χ3v) is 2.98. The molecule has 3 heteroatoms. The number of rotatable bonds is 9. The molecule has 0 fully saturated rings. The van der Waals surface area contributed by atoms with Crippen molar-refractivity contribution in [2.45, 2.75) is 45.8 Å². The van der Waals surface area contributed by atoms with E-state index in [1.54, 1.807) is 7.11 Å². The Labute approximate surface area is 110 Å². The molecule has 0 radical (unpaired) electrons. The van der Waals surface area contributed by atoms with Gasteiger partial charge in [0.15, 0.2) is 0 Å². The lowest BCUT2D eigenvalue weighted by Gasteiger charge is -2.10. The van der Waals surface area contributed by atoms with Gasteiger partial charge in [0.25, 0.3) is 0 Å². The summed E-state index contributed by atoms with van der Waals surface area (Å²) in [5.74, 6) is 0.876. The molecule has 0 saturated carbocycles. The highest BCUT2D eigenvalue weighted by atomic mass is 16.5. The van der Waals surface area contributed by atoms with Crippen molar-refractivity contribution < 1.29 is 9.47 Å². The van der Waals surface area contributed by atoms with Crippen LogP contribution in [-0.4, -0.2) is 13.7 Å². The zero-order valence-corrected chi connectivity index (χ0v) is 11.6. The smallest absolute Gasteiger partial charge is 0.124 e. The Morgan fingerprint density at radius 2 is 2.00 bits per heavy atom. The van der Waals surface area contributed by atoms with Crippen LogP contribution in [0, 0.1) is 0 Å². The van der Waals surface area contributed by atoms with E-state index >= 15 is 0 Å². The quantitative estimate of drug-likeness (QED) is 0.685. The van der Waals surface area contributed by atoms with Crippen LogP contribution in [0.1, 0.15) is 43.7 Å². The molecule has 0 unspecified atom stereocenters. The van der Waals surface area contributed by atoms with E-state index in [0.717, 1.165) is 29.9 Å². The maximum absolute atomic E-state index is 5.69. The van der Waals surface area contributed by atoms with E-state index in [2.05, 4.69) is 13.0 Å². The molecular formula is C15H25NO2.